The van der Waals surface area contributed by atoms with Crippen molar-refractivity contribution < 1.29 is 66.1 Å². The molecule has 11 aromatic carbocycles. The van der Waals surface area contributed by atoms with E-state index in [9.17, 15) is 9.59 Å². The topological polar surface area (TPSA) is 166 Å². The zero-order valence-electron chi connectivity index (χ0n) is 56.3. The van der Waals surface area contributed by atoms with E-state index in [2.05, 4.69) is 0 Å². The Morgan fingerprint density at radius 2 is 0.757 bits per heavy atom. The fraction of sp³-hybridized carbons (Fsp3) is 0.148. The van der Waals surface area contributed by atoms with Crippen LogP contribution in [0.25, 0.3) is 34.4 Å². The highest BCUT2D eigenvalue weighted by Gasteiger charge is 2.52. The van der Waals surface area contributed by atoms with Crippen LogP contribution in [-0.4, -0.2) is 49.3 Å². The van der Waals surface area contributed by atoms with Gasteiger partial charge >= 0.3 is 11.9 Å². The van der Waals surface area contributed by atoms with Crippen LogP contribution >= 0.6 is 0 Å². The Balaban J connectivity index is 0.892. The summed E-state index contributed by atoms with van der Waals surface area (Å²) in [7, 11) is 0. The van der Waals surface area contributed by atoms with Crippen LogP contribution in [0.1, 0.15) is 50.1 Å². The molecule has 1 aliphatic heterocycles. The highest BCUT2D eigenvalue weighted by atomic mass is 16.7. The van der Waals surface area contributed by atoms with Crippen LogP contribution in [0, 0.1) is 0 Å². The zero-order chi connectivity index (χ0) is 70.2. The summed E-state index contributed by atoms with van der Waals surface area (Å²) >= 11 is 0. The Bertz CT molecular complexity index is 4770. The van der Waals surface area contributed by atoms with Crippen molar-refractivity contribution in [2.45, 2.75) is 77.0 Å². The van der Waals surface area contributed by atoms with Crippen LogP contribution in [0.4, 0.5) is 0 Å². The summed E-state index contributed by atoms with van der Waals surface area (Å²) in [4.78, 5) is 45.2. The molecule has 15 heteroatoms. The van der Waals surface area contributed by atoms with Gasteiger partial charge < -0.3 is 56.5 Å². The maximum atomic E-state index is 16.2. The lowest BCUT2D eigenvalue weighted by Crippen LogP contribution is -2.63. The van der Waals surface area contributed by atoms with E-state index >= 15 is 4.79 Å². The molecule has 5 atom stereocenters. The highest BCUT2D eigenvalue weighted by molar-refractivity contribution is 5.89. The van der Waals surface area contributed by atoms with E-state index in [1.165, 1.54) is 12.2 Å². The summed E-state index contributed by atoms with van der Waals surface area (Å²) < 4.78 is 79.3. The van der Waals surface area contributed by atoms with Gasteiger partial charge in [-0.2, -0.15) is 0 Å². The molecule has 0 spiro atoms. The summed E-state index contributed by atoms with van der Waals surface area (Å²) in [6.07, 6.45) is -1.21. The minimum absolute atomic E-state index is 0.0155. The summed E-state index contributed by atoms with van der Waals surface area (Å²) in [5.74, 6) is 0.441. The molecule has 0 amide bonds. The van der Waals surface area contributed by atoms with E-state index < -0.39 is 54.7 Å². The summed E-state index contributed by atoms with van der Waals surface area (Å²) in [5, 5.41) is 0.0155. The molecule has 12 aromatic rings. The van der Waals surface area contributed by atoms with E-state index in [-0.39, 0.29) is 54.7 Å². The maximum Gasteiger partial charge on any atom is 0.331 e. The number of esters is 2. The minimum Gasteiger partial charge on any atom is -0.489 e. The molecular formula is C88H74O15. The molecule has 1 aromatic heterocycles. The number of carbonyl (C=O) groups excluding carboxylic acids is 2. The molecule has 0 aliphatic carbocycles. The molecule has 103 heavy (non-hydrogen) atoms. The number of ether oxygens (including phenoxy) is 11. The number of carbonyl (C=O) groups is 2. The number of hydrogen-bond acceptors (Lipinski definition) is 15. The molecule has 1 saturated heterocycles. The molecule has 13 rings (SSSR count). The summed E-state index contributed by atoms with van der Waals surface area (Å²) in [6.45, 7) is 0.747. The highest BCUT2D eigenvalue weighted by Crippen LogP contribution is 2.40. The van der Waals surface area contributed by atoms with Gasteiger partial charge in [-0.05, 0) is 111 Å². The smallest absolute Gasteiger partial charge is 0.331 e. The van der Waals surface area contributed by atoms with Gasteiger partial charge in [-0.15, -0.1) is 0 Å². The lowest BCUT2D eigenvalue weighted by atomic mass is 9.97. The zero-order valence-corrected chi connectivity index (χ0v) is 56.3. The van der Waals surface area contributed by atoms with Crippen LogP contribution in [0.5, 0.6) is 34.5 Å². The van der Waals surface area contributed by atoms with Gasteiger partial charge in [0.25, 0.3) is 0 Å². The van der Waals surface area contributed by atoms with Crippen LogP contribution in [0.2, 0.25) is 0 Å². The first-order valence-corrected chi connectivity index (χ1v) is 33.9. The van der Waals surface area contributed by atoms with Gasteiger partial charge in [-0.1, -0.05) is 237 Å². The molecule has 1 aliphatic rings. The molecule has 516 valence electrons. The first kappa shape index (κ1) is 69.2. The lowest BCUT2D eigenvalue weighted by molar-refractivity contribution is -0.301. The molecule has 2 unspecified atom stereocenters. The van der Waals surface area contributed by atoms with E-state index in [0.717, 1.165) is 38.9 Å². The van der Waals surface area contributed by atoms with Gasteiger partial charge in [0, 0.05) is 29.8 Å². The average molecular weight is 1370 g/mol. The number of hydrogen-bond donors (Lipinski definition) is 0. The Morgan fingerprint density at radius 3 is 1.19 bits per heavy atom. The number of fused-ring (bicyclic) bond motifs is 1. The molecular weight excluding hydrogens is 1300 g/mol. The van der Waals surface area contributed by atoms with E-state index in [4.69, 9.17) is 56.5 Å². The third-order valence-electron chi connectivity index (χ3n) is 16.9. The van der Waals surface area contributed by atoms with Crippen molar-refractivity contribution in [1.29, 1.82) is 0 Å². The fourth-order valence-corrected chi connectivity index (χ4v) is 11.5. The normalized spacial score (nSPS) is 15.7. The first-order chi connectivity index (χ1) is 50.7. The predicted molar refractivity (Wildman–Crippen MR) is 393 cm³/mol. The van der Waals surface area contributed by atoms with E-state index in [1.807, 2.05) is 261 Å². The van der Waals surface area contributed by atoms with Crippen molar-refractivity contribution in [3.63, 3.8) is 0 Å². The van der Waals surface area contributed by atoms with Crippen molar-refractivity contribution in [2.24, 2.45) is 0 Å². The van der Waals surface area contributed by atoms with Crippen LogP contribution in [0.3, 0.4) is 0 Å². The molecule has 1 fully saturated rings. The largest absolute Gasteiger partial charge is 0.489 e. The van der Waals surface area contributed by atoms with Crippen molar-refractivity contribution >= 4 is 35.1 Å². The Labute approximate surface area is 597 Å². The van der Waals surface area contributed by atoms with Gasteiger partial charge in [0.05, 0.1) is 13.2 Å². The average Bonchev–Trinajstić information content (AvgIpc) is 0.751. The molecule has 0 N–H and O–H groups in total. The number of rotatable bonds is 31. The minimum atomic E-state index is -1.66. The second-order valence-corrected chi connectivity index (χ2v) is 24.3. The van der Waals surface area contributed by atoms with Crippen molar-refractivity contribution in [3.8, 4) is 45.8 Å². The van der Waals surface area contributed by atoms with Crippen LogP contribution in [-0.2, 0) is 79.5 Å². The molecule has 15 nitrogen and oxygen atoms in total. The maximum absolute atomic E-state index is 16.2. The fourth-order valence-electron chi connectivity index (χ4n) is 11.5. The molecule has 0 bridgehead atoms. The van der Waals surface area contributed by atoms with Gasteiger partial charge in [-0.25, -0.2) is 9.59 Å². The Morgan fingerprint density at radius 1 is 0.379 bits per heavy atom. The van der Waals surface area contributed by atoms with Crippen molar-refractivity contribution in [2.75, 3.05) is 6.61 Å². The van der Waals surface area contributed by atoms with Gasteiger partial charge in [0.2, 0.25) is 17.5 Å². The van der Waals surface area contributed by atoms with Gasteiger partial charge in [0.15, 0.2) is 18.0 Å². The van der Waals surface area contributed by atoms with Crippen LogP contribution in [0.15, 0.2) is 319 Å². The van der Waals surface area contributed by atoms with Crippen LogP contribution < -0.4 is 33.8 Å². The summed E-state index contributed by atoms with van der Waals surface area (Å²) in [6, 6.07) is 92.4. The molecule has 2 heterocycles. The molecule has 0 radical (unpaired) electrons. The standard InChI is InChI=1S/C88H74O15/c89-79(50-40-62-36-44-72(45-37-62)92-54-64-22-8-1-9-23-64)97-61-78-84(98-59-69-32-18-6-19-33-69)86(102-80(90)51-41-63-38-46-73(47-39-63)93-55-65-24-10-2-11-25-65)87(99-60-70-34-20-7-21-35-70)88(101-78)103-85-82(91)81-76(96-58-68-30-16-5-17-31-68)52-75(95-57-67-28-14-4-15-29-67)53-77(81)100-83(85)71-42-48-74(49-43-71)94-56-66-26-12-3-13-27-66/h1-53,78,84,86-88H,54-61H2/b50-40+,51-41+/t78-,84-,86?,87?,88+/m1/s1. The lowest BCUT2D eigenvalue weighted by Gasteiger charge is -2.45. The van der Waals surface area contributed by atoms with Gasteiger partial charge in [-0.3, -0.25) is 4.79 Å². The monoisotopic (exact) mass is 1370 g/mol. The number of benzene rings is 11. The third kappa shape index (κ3) is 19.6. The Hall–Kier alpha value is -12.3. The SMILES string of the molecule is O=C(/C=C/c1ccc(OCc2ccccc2)cc1)OC[C@H]1O[C@@H](Oc2c(-c3ccc(OCc4ccccc4)cc3)oc3cc(OCc4ccccc4)cc(OCc4ccccc4)c3c2=O)C(OCc2ccccc2)C(OC(=O)/C=C/c2ccc(OCc3ccccc3)cc2)[C@@H]1OCc1ccccc1. The van der Waals surface area contributed by atoms with E-state index in [1.54, 1.807) is 48.6 Å². The first-order valence-electron chi connectivity index (χ1n) is 33.9. The molecule has 0 saturated carbocycles. The second kappa shape index (κ2) is 35.2. The van der Waals surface area contributed by atoms with Gasteiger partial charge in [0.1, 0.15) is 91.6 Å². The third-order valence-corrected chi connectivity index (χ3v) is 16.9. The Kier molecular flexibility index (Phi) is 23.6. The summed E-state index contributed by atoms with van der Waals surface area (Å²) in [5.41, 5.74) is 7.48. The van der Waals surface area contributed by atoms with Crippen molar-refractivity contribution in [3.05, 3.63) is 370 Å². The van der Waals surface area contributed by atoms with Crippen molar-refractivity contribution in [1.82, 2.24) is 0 Å². The second-order valence-electron chi connectivity index (χ2n) is 24.3. The van der Waals surface area contributed by atoms with E-state index in [0.29, 0.717) is 59.5 Å². The quantitative estimate of drug-likeness (QED) is 0.0297. The predicted octanol–water partition coefficient (Wildman–Crippen LogP) is 17.5.